The molecular formula is C16H14F2N2O3. The molecule has 1 aliphatic heterocycles. The number of benzene rings is 1. The summed E-state index contributed by atoms with van der Waals surface area (Å²) in [7, 11) is 0. The first-order valence-electron chi connectivity index (χ1n) is 6.91. The fourth-order valence-electron chi connectivity index (χ4n) is 2.16. The number of fused-ring (bicyclic) bond motifs is 1. The molecule has 2 heterocycles. The van der Waals surface area contributed by atoms with Crippen molar-refractivity contribution in [3.63, 3.8) is 0 Å². The highest BCUT2D eigenvalue weighted by atomic mass is 19.3. The molecule has 0 spiro atoms. The van der Waals surface area contributed by atoms with E-state index in [2.05, 4.69) is 19.8 Å². The predicted molar refractivity (Wildman–Crippen MR) is 78.5 cm³/mol. The number of nitrogens with one attached hydrogen (secondary N) is 1. The standard InChI is InChI=1S/C16H14F2N2O3/c1-15(2,13-5-3-4-8-19-13)14(21)20-10-6-7-11-12(9-10)23-16(17,18)22-11/h3-9H,1-2H3,(H,20,21). The number of ether oxygens (including phenoxy) is 2. The van der Waals surface area contributed by atoms with Crippen LogP contribution in [0.5, 0.6) is 11.5 Å². The quantitative estimate of drug-likeness (QED) is 0.942. The van der Waals surface area contributed by atoms with Crippen LogP contribution in [0.15, 0.2) is 42.6 Å². The third-order valence-electron chi connectivity index (χ3n) is 3.53. The largest absolute Gasteiger partial charge is 0.586 e. The number of aromatic nitrogens is 1. The van der Waals surface area contributed by atoms with Gasteiger partial charge >= 0.3 is 6.29 Å². The maximum absolute atomic E-state index is 13.0. The van der Waals surface area contributed by atoms with E-state index in [0.29, 0.717) is 11.4 Å². The molecule has 7 heteroatoms. The van der Waals surface area contributed by atoms with Crippen LogP contribution in [0.4, 0.5) is 14.5 Å². The second kappa shape index (κ2) is 5.19. The van der Waals surface area contributed by atoms with Gasteiger partial charge < -0.3 is 14.8 Å². The molecule has 1 aliphatic rings. The maximum Gasteiger partial charge on any atom is 0.586 e. The molecular weight excluding hydrogens is 306 g/mol. The van der Waals surface area contributed by atoms with Crippen molar-refractivity contribution in [1.29, 1.82) is 0 Å². The second-order valence-electron chi connectivity index (χ2n) is 5.62. The van der Waals surface area contributed by atoms with E-state index in [4.69, 9.17) is 0 Å². The summed E-state index contributed by atoms with van der Waals surface area (Å²) in [5.74, 6) is -0.512. The van der Waals surface area contributed by atoms with Crippen LogP contribution in [0.2, 0.25) is 0 Å². The van der Waals surface area contributed by atoms with Crippen LogP contribution in [-0.4, -0.2) is 17.2 Å². The average molecular weight is 320 g/mol. The lowest BCUT2D eigenvalue weighted by Gasteiger charge is -2.23. The number of nitrogens with zero attached hydrogens (tertiary/aromatic N) is 1. The summed E-state index contributed by atoms with van der Waals surface area (Å²) in [4.78, 5) is 16.7. The van der Waals surface area contributed by atoms with E-state index in [-0.39, 0.29) is 17.4 Å². The lowest BCUT2D eigenvalue weighted by molar-refractivity contribution is -0.286. The third-order valence-corrected chi connectivity index (χ3v) is 3.53. The maximum atomic E-state index is 13.0. The molecule has 1 amide bonds. The number of carbonyl (C=O) groups is 1. The van der Waals surface area contributed by atoms with Crippen molar-refractivity contribution in [2.45, 2.75) is 25.6 Å². The summed E-state index contributed by atoms with van der Waals surface area (Å²) >= 11 is 0. The minimum Gasteiger partial charge on any atom is -0.395 e. The molecule has 0 fully saturated rings. The lowest BCUT2D eigenvalue weighted by Crippen LogP contribution is -2.35. The van der Waals surface area contributed by atoms with Gasteiger partial charge in [0.05, 0.1) is 11.1 Å². The Kier molecular flexibility index (Phi) is 3.43. The molecule has 0 saturated carbocycles. The Morgan fingerprint density at radius 3 is 2.61 bits per heavy atom. The Morgan fingerprint density at radius 2 is 1.91 bits per heavy atom. The Labute approximate surface area is 131 Å². The van der Waals surface area contributed by atoms with Gasteiger partial charge in [0, 0.05) is 18.0 Å². The monoisotopic (exact) mass is 320 g/mol. The van der Waals surface area contributed by atoms with Crippen molar-refractivity contribution in [1.82, 2.24) is 4.98 Å². The van der Waals surface area contributed by atoms with Crippen LogP contribution in [0.25, 0.3) is 0 Å². The molecule has 0 aliphatic carbocycles. The van der Waals surface area contributed by atoms with E-state index in [1.54, 1.807) is 38.2 Å². The van der Waals surface area contributed by atoms with Crippen molar-refractivity contribution in [2.24, 2.45) is 0 Å². The van der Waals surface area contributed by atoms with Gasteiger partial charge in [-0.05, 0) is 38.1 Å². The van der Waals surface area contributed by atoms with E-state index < -0.39 is 11.7 Å². The summed E-state index contributed by atoms with van der Waals surface area (Å²) in [6.07, 6.45) is -2.08. The third kappa shape index (κ3) is 2.94. The molecule has 1 aromatic carbocycles. The van der Waals surface area contributed by atoms with Gasteiger partial charge in [0.2, 0.25) is 5.91 Å². The van der Waals surface area contributed by atoms with Gasteiger partial charge in [-0.25, -0.2) is 0 Å². The van der Waals surface area contributed by atoms with E-state index in [9.17, 15) is 13.6 Å². The number of carbonyl (C=O) groups excluding carboxylic acids is 1. The Bertz CT molecular complexity index is 748. The molecule has 23 heavy (non-hydrogen) atoms. The number of alkyl halides is 2. The minimum atomic E-state index is -3.68. The normalized spacial score (nSPS) is 15.3. The number of rotatable bonds is 3. The molecule has 0 atom stereocenters. The fourth-order valence-corrected chi connectivity index (χ4v) is 2.16. The SMILES string of the molecule is CC(C)(C(=O)Nc1ccc2c(c1)OC(F)(F)O2)c1ccccn1. The Balaban J connectivity index is 1.79. The van der Waals surface area contributed by atoms with E-state index in [0.717, 1.165) is 0 Å². The number of anilines is 1. The number of hydrogen-bond donors (Lipinski definition) is 1. The molecule has 0 bridgehead atoms. The number of amides is 1. The van der Waals surface area contributed by atoms with Gasteiger partial charge in [-0.1, -0.05) is 6.07 Å². The molecule has 1 N–H and O–H groups in total. The average Bonchev–Trinajstić information content (AvgIpc) is 2.81. The summed E-state index contributed by atoms with van der Waals surface area (Å²) in [5, 5.41) is 2.68. The van der Waals surface area contributed by atoms with Gasteiger partial charge in [-0.15, -0.1) is 8.78 Å². The highest BCUT2D eigenvalue weighted by Crippen LogP contribution is 2.42. The van der Waals surface area contributed by atoms with E-state index >= 15 is 0 Å². The smallest absolute Gasteiger partial charge is 0.395 e. The molecule has 120 valence electrons. The molecule has 5 nitrogen and oxygen atoms in total. The Hall–Kier alpha value is -2.70. The highest BCUT2D eigenvalue weighted by Gasteiger charge is 2.43. The second-order valence-corrected chi connectivity index (χ2v) is 5.62. The van der Waals surface area contributed by atoms with Gasteiger partial charge in [0.15, 0.2) is 11.5 Å². The van der Waals surface area contributed by atoms with Crippen molar-refractivity contribution in [2.75, 3.05) is 5.32 Å². The van der Waals surface area contributed by atoms with Crippen LogP contribution < -0.4 is 14.8 Å². The van der Waals surface area contributed by atoms with Crippen LogP contribution in [0.3, 0.4) is 0 Å². The van der Waals surface area contributed by atoms with Crippen LogP contribution in [0.1, 0.15) is 19.5 Å². The van der Waals surface area contributed by atoms with Gasteiger partial charge in [0.1, 0.15) is 0 Å². The number of hydrogen-bond acceptors (Lipinski definition) is 4. The first-order chi connectivity index (χ1) is 10.8. The minimum absolute atomic E-state index is 0.0722. The van der Waals surface area contributed by atoms with Crippen molar-refractivity contribution < 1.29 is 23.0 Å². The summed E-state index contributed by atoms with van der Waals surface area (Å²) in [6, 6.07) is 9.38. The fraction of sp³-hybridized carbons (Fsp3) is 0.250. The van der Waals surface area contributed by atoms with E-state index in [1.165, 1.54) is 18.2 Å². The predicted octanol–water partition coefficient (Wildman–Crippen LogP) is 3.32. The van der Waals surface area contributed by atoms with Crippen molar-refractivity contribution >= 4 is 11.6 Å². The van der Waals surface area contributed by atoms with Crippen LogP contribution >= 0.6 is 0 Å². The zero-order chi connectivity index (χ0) is 16.7. The number of pyridine rings is 1. The van der Waals surface area contributed by atoms with E-state index in [1.807, 2.05) is 0 Å². The summed E-state index contributed by atoms with van der Waals surface area (Å²) in [5.41, 5.74) is 0.0468. The summed E-state index contributed by atoms with van der Waals surface area (Å²) < 4.78 is 34.7. The first-order valence-corrected chi connectivity index (χ1v) is 6.91. The first kappa shape index (κ1) is 15.2. The molecule has 2 aromatic rings. The molecule has 0 unspecified atom stereocenters. The highest BCUT2D eigenvalue weighted by molar-refractivity contribution is 5.98. The molecule has 1 aromatic heterocycles. The summed E-state index contributed by atoms with van der Waals surface area (Å²) in [6.45, 7) is 3.46. The van der Waals surface area contributed by atoms with Crippen molar-refractivity contribution in [3.05, 3.63) is 48.3 Å². The molecule has 0 radical (unpaired) electrons. The number of halogens is 2. The lowest BCUT2D eigenvalue weighted by atomic mass is 9.87. The zero-order valence-electron chi connectivity index (χ0n) is 12.5. The van der Waals surface area contributed by atoms with Gasteiger partial charge in [-0.2, -0.15) is 0 Å². The van der Waals surface area contributed by atoms with Crippen LogP contribution in [0, 0.1) is 0 Å². The van der Waals surface area contributed by atoms with Gasteiger partial charge in [-0.3, -0.25) is 9.78 Å². The zero-order valence-corrected chi connectivity index (χ0v) is 12.5. The van der Waals surface area contributed by atoms with Crippen molar-refractivity contribution in [3.8, 4) is 11.5 Å². The van der Waals surface area contributed by atoms with Gasteiger partial charge in [0.25, 0.3) is 0 Å². The van der Waals surface area contributed by atoms with Crippen LogP contribution in [-0.2, 0) is 10.2 Å². The Morgan fingerprint density at radius 1 is 1.17 bits per heavy atom. The topological polar surface area (TPSA) is 60.5 Å². The molecule has 0 saturated heterocycles. The molecule has 3 rings (SSSR count).